The zero-order valence-electron chi connectivity index (χ0n) is 22.8. The zero-order valence-corrected chi connectivity index (χ0v) is 25.9. The average Bonchev–Trinajstić information content (AvgIpc) is 3.59. The molecule has 0 radical (unpaired) electrons. The molecule has 0 aliphatic rings. The summed E-state index contributed by atoms with van der Waals surface area (Å²) in [6.45, 7) is 5.75. The van der Waals surface area contributed by atoms with Crippen molar-refractivity contribution in [3.8, 4) is 0 Å². The number of hydrogen-bond donors (Lipinski definition) is 3. The highest BCUT2D eigenvalue weighted by Gasteiger charge is 2.40. The minimum absolute atomic E-state index is 0.00875. The highest BCUT2D eigenvalue weighted by molar-refractivity contribution is 7.10. The van der Waals surface area contributed by atoms with Gasteiger partial charge in [0.25, 0.3) is 0 Å². The fourth-order valence-corrected chi connectivity index (χ4v) is 5.43. The van der Waals surface area contributed by atoms with E-state index in [1.165, 1.54) is 31.7 Å². The van der Waals surface area contributed by atoms with Crippen LogP contribution >= 0.6 is 45.9 Å². The van der Waals surface area contributed by atoms with E-state index in [4.69, 9.17) is 37.8 Å². The number of halogens is 2. The second-order valence-electron chi connectivity index (χ2n) is 9.55. The maximum Gasteiger partial charge on any atom is 0.358 e. The highest BCUT2D eigenvalue weighted by atomic mass is 35.5. The molecule has 0 aliphatic carbocycles. The van der Waals surface area contributed by atoms with Crippen molar-refractivity contribution in [2.45, 2.75) is 81.6 Å². The molecule has 40 heavy (non-hydrogen) atoms. The van der Waals surface area contributed by atoms with Gasteiger partial charge in [-0.3, -0.25) is 4.79 Å². The quantitative estimate of drug-likeness (QED) is 0.144. The molecular formula is C25H34Cl2N2O9S2. The van der Waals surface area contributed by atoms with Gasteiger partial charge in [0, 0.05) is 10.8 Å². The van der Waals surface area contributed by atoms with E-state index in [1.807, 2.05) is 0 Å². The predicted octanol–water partition coefficient (Wildman–Crippen LogP) is 4.38. The lowest BCUT2D eigenvalue weighted by Gasteiger charge is -2.32. The minimum Gasteiger partial charge on any atom is -0.464 e. The van der Waals surface area contributed by atoms with Crippen molar-refractivity contribution in [3.05, 3.63) is 32.2 Å². The van der Waals surface area contributed by atoms with Crippen molar-refractivity contribution < 1.29 is 43.9 Å². The van der Waals surface area contributed by atoms with Crippen molar-refractivity contribution in [1.82, 2.24) is 9.97 Å². The standard InChI is InChI=1S/C25H34Cl2N2O9S2/c1-6-24(3,35)18(20-29-14(11-40-20)22(33)36-5)38-21(32)13(2)17(8-7-9-25(4,26)27)37-23(34)15-12-39-19(28-15)16(31)10-30/h11-13,16-18,30-31,35H,6-10H2,1-5H3. The number of methoxy groups -OCH3 is 1. The molecule has 2 aromatic rings. The van der Waals surface area contributed by atoms with Gasteiger partial charge in [0.15, 0.2) is 17.5 Å². The first-order chi connectivity index (χ1) is 18.6. The lowest BCUT2D eigenvalue weighted by Crippen LogP contribution is -2.39. The number of esters is 3. The Morgan fingerprint density at radius 2 is 1.62 bits per heavy atom. The number of thiazole rings is 2. The summed E-state index contributed by atoms with van der Waals surface area (Å²) in [4.78, 5) is 46.4. The Balaban J connectivity index is 2.28. The summed E-state index contributed by atoms with van der Waals surface area (Å²) in [5, 5.41) is 33.1. The number of nitrogens with zero attached hydrogens (tertiary/aromatic N) is 2. The molecular weight excluding hydrogens is 607 g/mol. The number of ether oxygens (including phenoxy) is 3. The second kappa shape index (κ2) is 14.9. The van der Waals surface area contributed by atoms with Crippen LogP contribution in [0, 0.1) is 5.92 Å². The van der Waals surface area contributed by atoms with Gasteiger partial charge in [-0.15, -0.1) is 45.9 Å². The van der Waals surface area contributed by atoms with Crippen LogP contribution in [0.25, 0.3) is 0 Å². The molecule has 0 bridgehead atoms. The maximum atomic E-state index is 13.4. The SMILES string of the molecule is CCC(C)(O)C(OC(=O)C(C)C(CCCC(C)(Cl)Cl)OC(=O)c1csc(C(O)CO)n1)c1nc(C(=O)OC)cs1. The molecule has 0 saturated carbocycles. The van der Waals surface area contributed by atoms with Crippen LogP contribution in [0.2, 0.25) is 0 Å². The minimum atomic E-state index is -1.53. The topological polar surface area (TPSA) is 165 Å². The monoisotopic (exact) mass is 640 g/mol. The molecule has 0 saturated heterocycles. The Bertz CT molecular complexity index is 1150. The summed E-state index contributed by atoms with van der Waals surface area (Å²) >= 11 is 14.2. The first-order valence-corrected chi connectivity index (χ1v) is 14.9. The lowest BCUT2D eigenvalue weighted by atomic mass is 9.95. The zero-order chi connectivity index (χ0) is 30.3. The van der Waals surface area contributed by atoms with Crippen molar-refractivity contribution in [3.63, 3.8) is 0 Å². The van der Waals surface area contributed by atoms with E-state index in [1.54, 1.807) is 13.8 Å². The number of aliphatic hydroxyl groups excluding tert-OH is 2. The van der Waals surface area contributed by atoms with Crippen LogP contribution in [0.4, 0.5) is 0 Å². The van der Waals surface area contributed by atoms with E-state index >= 15 is 0 Å². The molecule has 224 valence electrons. The van der Waals surface area contributed by atoms with Gasteiger partial charge in [0.05, 0.1) is 19.6 Å². The third-order valence-corrected chi connectivity index (χ3v) is 8.35. The van der Waals surface area contributed by atoms with Gasteiger partial charge < -0.3 is 29.5 Å². The van der Waals surface area contributed by atoms with Crippen LogP contribution in [0.3, 0.4) is 0 Å². The molecule has 0 spiro atoms. The van der Waals surface area contributed by atoms with E-state index in [-0.39, 0.29) is 34.2 Å². The molecule has 3 N–H and O–H groups in total. The van der Waals surface area contributed by atoms with Crippen LogP contribution in [0.15, 0.2) is 10.8 Å². The van der Waals surface area contributed by atoms with Gasteiger partial charge in [0.1, 0.15) is 32.2 Å². The Morgan fingerprint density at radius 3 is 2.17 bits per heavy atom. The fourth-order valence-electron chi connectivity index (χ4n) is 3.45. The number of carbonyl (C=O) groups is 3. The Labute approximate surface area is 250 Å². The van der Waals surface area contributed by atoms with Crippen LogP contribution in [0.5, 0.6) is 0 Å². The highest BCUT2D eigenvalue weighted by Crippen LogP contribution is 2.36. The largest absolute Gasteiger partial charge is 0.464 e. The van der Waals surface area contributed by atoms with E-state index in [9.17, 15) is 24.6 Å². The Hall–Kier alpha value is -1.87. The Kier molecular flexibility index (Phi) is 12.7. The van der Waals surface area contributed by atoms with Gasteiger partial charge >= 0.3 is 17.9 Å². The molecule has 2 rings (SSSR count). The molecule has 2 heterocycles. The fraction of sp³-hybridized carbons (Fsp3) is 0.640. The normalized spacial score (nSPS) is 16.4. The van der Waals surface area contributed by atoms with Gasteiger partial charge in [-0.05, 0) is 46.5 Å². The number of aliphatic hydroxyl groups is 3. The number of rotatable bonds is 15. The smallest absolute Gasteiger partial charge is 0.358 e. The van der Waals surface area contributed by atoms with Gasteiger partial charge in [-0.1, -0.05) is 6.92 Å². The van der Waals surface area contributed by atoms with Crippen LogP contribution < -0.4 is 0 Å². The van der Waals surface area contributed by atoms with Crippen molar-refractivity contribution in [2.24, 2.45) is 5.92 Å². The molecule has 0 fully saturated rings. The second-order valence-corrected chi connectivity index (χ2v) is 13.2. The van der Waals surface area contributed by atoms with E-state index in [0.717, 1.165) is 22.7 Å². The summed E-state index contributed by atoms with van der Waals surface area (Å²) in [6, 6.07) is 0. The number of hydrogen-bond acceptors (Lipinski definition) is 13. The van der Waals surface area contributed by atoms with Crippen LogP contribution in [-0.2, 0) is 19.0 Å². The lowest BCUT2D eigenvalue weighted by molar-refractivity contribution is -0.173. The van der Waals surface area contributed by atoms with Crippen LogP contribution in [-0.4, -0.2) is 73.0 Å². The molecule has 5 atom stereocenters. The van der Waals surface area contributed by atoms with Crippen molar-refractivity contribution in [1.29, 1.82) is 0 Å². The first-order valence-electron chi connectivity index (χ1n) is 12.4. The van der Waals surface area contributed by atoms with E-state index < -0.39 is 58.7 Å². The number of alkyl halides is 2. The molecule has 15 heteroatoms. The molecule has 0 aromatic carbocycles. The molecule has 0 aliphatic heterocycles. The van der Waals surface area contributed by atoms with Gasteiger partial charge in [-0.2, -0.15) is 0 Å². The number of aromatic nitrogens is 2. The summed E-state index contributed by atoms with van der Waals surface area (Å²) in [5.41, 5.74) is -1.62. The molecule has 5 unspecified atom stereocenters. The predicted molar refractivity (Wildman–Crippen MR) is 150 cm³/mol. The third kappa shape index (κ3) is 9.61. The Morgan fingerprint density at radius 1 is 1.05 bits per heavy atom. The summed E-state index contributed by atoms with van der Waals surface area (Å²) in [7, 11) is 1.21. The molecule has 0 amide bonds. The maximum absolute atomic E-state index is 13.4. The van der Waals surface area contributed by atoms with Gasteiger partial charge in [0.2, 0.25) is 0 Å². The summed E-state index contributed by atoms with van der Waals surface area (Å²) in [6.07, 6.45) is -2.31. The van der Waals surface area contributed by atoms with Gasteiger partial charge in [-0.25, -0.2) is 19.6 Å². The van der Waals surface area contributed by atoms with Crippen molar-refractivity contribution >= 4 is 63.8 Å². The summed E-state index contributed by atoms with van der Waals surface area (Å²) < 4.78 is 15.0. The molecule has 2 aromatic heterocycles. The third-order valence-electron chi connectivity index (χ3n) is 6.14. The number of carbonyl (C=O) groups excluding carboxylic acids is 3. The van der Waals surface area contributed by atoms with E-state index in [2.05, 4.69) is 14.7 Å². The molecule has 11 nitrogen and oxygen atoms in total. The van der Waals surface area contributed by atoms with Crippen LogP contribution in [0.1, 0.15) is 96.6 Å². The van der Waals surface area contributed by atoms with E-state index in [0.29, 0.717) is 12.8 Å². The average molecular weight is 642 g/mol. The summed E-state index contributed by atoms with van der Waals surface area (Å²) in [5.74, 6) is -3.29. The first kappa shape index (κ1) is 34.3. The van der Waals surface area contributed by atoms with Crippen molar-refractivity contribution in [2.75, 3.05) is 13.7 Å².